The first-order valence-corrected chi connectivity index (χ1v) is 7.21. The Hall–Kier alpha value is -2.08. The molecule has 2 rings (SSSR count). The van der Waals surface area contributed by atoms with Crippen molar-refractivity contribution in [2.24, 2.45) is 0 Å². The van der Waals surface area contributed by atoms with E-state index < -0.39 is 11.7 Å². The van der Waals surface area contributed by atoms with Gasteiger partial charge in [0.05, 0.1) is 11.4 Å². The number of halogens is 1. The summed E-state index contributed by atoms with van der Waals surface area (Å²) in [5.41, 5.74) is 7.00. The van der Waals surface area contributed by atoms with Gasteiger partial charge in [0.15, 0.2) is 5.13 Å². The Morgan fingerprint density at radius 2 is 2.00 bits per heavy atom. The third-order valence-electron chi connectivity index (χ3n) is 2.54. The molecule has 21 heavy (non-hydrogen) atoms. The molecule has 2 aromatic rings. The summed E-state index contributed by atoms with van der Waals surface area (Å²) in [5.74, 6) is 0. The average Bonchev–Trinajstić information content (AvgIpc) is 2.76. The lowest BCUT2D eigenvalue weighted by Crippen LogP contribution is -2.27. The Bertz CT molecular complexity index is 662. The Labute approximate surface area is 126 Å². The summed E-state index contributed by atoms with van der Waals surface area (Å²) in [6.07, 6.45) is -0.566. The third-order valence-corrected chi connectivity index (χ3v) is 3.47. The number of ether oxygens (including phenoxy) is 1. The fourth-order valence-corrected chi connectivity index (χ4v) is 2.44. The van der Waals surface area contributed by atoms with Gasteiger partial charge in [0.1, 0.15) is 5.60 Å². The number of nitrogen functional groups attached to an aromatic ring is 1. The van der Waals surface area contributed by atoms with Crippen LogP contribution >= 0.6 is 11.3 Å². The average molecular weight is 308 g/mol. The fourth-order valence-electron chi connectivity index (χ4n) is 1.71. The first-order valence-electron chi connectivity index (χ1n) is 6.40. The van der Waals surface area contributed by atoms with E-state index in [2.05, 4.69) is 5.32 Å². The zero-order valence-corrected chi connectivity index (χ0v) is 12.9. The molecule has 0 spiro atoms. The largest absolute Gasteiger partial charge is 0.444 e. The molecule has 1 aromatic carbocycles. The highest BCUT2D eigenvalue weighted by molar-refractivity contribution is 7.13. The molecule has 112 valence electrons. The number of rotatable bonds is 2. The molecule has 3 N–H and O–H groups in total. The van der Waals surface area contributed by atoms with Gasteiger partial charge in [-0.1, -0.05) is 6.07 Å². The molecule has 0 aliphatic rings. The zero-order valence-electron chi connectivity index (χ0n) is 12.1. The number of carbonyl (C=O) groups excluding carboxylic acids is 1. The van der Waals surface area contributed by atoms with E-state index in [-0.39, 0.29) is 5.13 Å². The van der Waals surface area contributed by atoms with Crippen molar-refractivity contribution in [1.82, 2.24) is 0 Å². The van der Waals surface area contributed by atoms with Crippen LogP contribution in [-0.4, -0.2) is 11.7 Å². The molecule has 6 heteroatoms. The van der Waals surface area contributed by atoms with Crippen LogP contribution in [0.25, 0.3) is 10.4 Å². The number of anilines is 2. The molecule has 0 bridgehead atoms. The van der Waals surface area contributed by atoms with E-state index in [1.54, 1.807) is 45.0 Å². The number of hydrogen-bond donors (Lipinski definition) is 2. The van der Waals surface area contributed by atoms with Gasteiger partial charge in [-0.05, 0) is 50.6 Å². The lowest BCUT2D eigenvalue weighted by Gasteiger charge is -2.20. The molecule has 0 saturated heterocycles. The van der Waals surface area contributed by atoms with E-state index in [4.69, 9.17) is 10.5 Å². The maximum Gasteiger partial charge on any atom is 0.412 e. The van der Waals surface area contributed by atoms with Crippen LogP contribution in [0.4, 0.5) is 20.6 Å². The highest BCUT2D eigenvalue weighted by atomic mass is 32.1. The van der Waals surface area contributed by atoms with E-state index in [9.17, 15) is 9.18 Å². The number of hydrogen-bond acceptors (Lipinski definition) is 4. The predicted molar refractivity (Wildman–Crippen MR) is 84.0 cm³/mol. The molecule has 0 saturated carbocycles. The maximum atomic E-state index is 13.0. The van der Waals surface area contributed by atoms with Crippen LogP contribution in [0.5, 0.6) is 0 Å². The second kappa shape index (κ2) is 5.73. The molecule has 0 aliphatic heterocycles. The van der Waals surface area contributed by atoms with Crippen LogP contribution in [0.1, 0.15) is 20.8 Å². The Kier molecular flexibility index (Phi) is 4.18. The summed E-state index contributed by atoms with van der Waals surface area (Å²) in [4.78, 5) is 12.5. The lowest BCUT2D eigenvalue weighted by atomic mass is 10.1. The summed E-state index contributed by atoms with van der Waals surface area (Å²) in [7, 11) is 0. The van der Waals surface area contributed by atoms with Gasteiger partial charge in [-0.25, -0.2) is 4.79 Å². The molecular weight excluding hydrogens is 291 g/mol. The minimum atomic E-state index is -0.576. The second-order valence-corrected chi connectivity index (χ2v) is 6.57. The van der Waals surface area contributed by atoms with Gasteiger partial charge in [0.2, 0.25) is 0 Å². The van der Waals surface area contributed by atoms with Crippen LogP contribution in [-0.2, 0) is 4.74 Å². The fraction of sp³-hybridized carbons (Fsp3) is 0.267. The van der Waals surface area contributed by atoms with Crippen molar-refractivity contribution in [1.29, 1.82) is 0 Å². The van der Waals surface area contributed by atoms with Crippen LogP contribution < -0.4 is 11.1 Å². The van der Waals surface area contributed by atoms with Crippen molar-refractivity contribution in [2.45, 2.75) is 26.4 Å². The Morgan fingerprint density at radius 1 is 1.29 bits per heavy atom. The quantitative estimate of drug-likeness (QED) is 0.804. The minimum absolute atomic E-state index is 0.250. The first-order chi connectivity index (χ1) is 9.74. The summed E-state index contributed by atoms with van der Waals surface area (Å²) >= 11 is 1.04. The SMILES string of the molecule is CC(C)(C)OC(=O)Nc1ccc(-c2ccc(F)s2)cc1N. The third kappa shape index (κ3) is 4.19. The smallest absolute Gasteiger partial charge is 0.412 e. The van der Waals surface area contributed by atoms with Gasteiger partial charge in [-0.2, -0.15) is 4.39 Å². The van der Waals surface area contributed by atoms with Crippen molar-refractivity contribution >= 4 is 28.8 Å². The summed E-state index contributed by atoms with van der Waals surface area (Å²) in [6, 6.07) is 8.23. The van der Waals surface area contributed by atoms with Gasteiger partial charge in [-0.15, -0.1) is 11.3 Å². The van der Waals surface area contributed by atoms with Crippen LogP contribution in [0.3, 0.4) is 0 Å². The van der Waals surface area contributed by atoms with E-state index in [0.29, 0.717) is 11.4 Å². The molecule has 0 unspecified atom stereocenters. The maximum absolute atomic E-state index is 13.0. The van der Waals surface area contributed by atoms with E-state index in [0.717, 1.165) is 21.8 Å². The van der Waals surface area contributed by atoms with Crippen LogP contribution in [0.2, 0.25) is 0 Å². The highest BCUT2D eigenvalue weighted by Gasteiger charge is 2.17. The van der Waals surface area contributed by atoms with Crippen LogP contribution in [0, 0.1) is 5.13 Å². The Balaban J connectivity index is 2.15. The van der Waals surface area contributed by atoms with Crippen molar-refractivity contribution in [3.8, 4) is 10.4 Å². The molecule has 0 fully saturated rings. The molecule has 0 atom stereocenters. The van der Waals surface area contributed by atoms with Crippen molar-refractivity contribution < 1.29 is 13.9 Å². The van der Waals surface area contributed by atoms with Crippen molar-refractivity contribution in [3.05, 3.63) is 35.5 Å². The molecular formula is C15H17FN2O2S. The van der Waals surface area contributed by atoms with Gasteiger partial charge in [-0.3, -0.25) is 5.32 Å². The van der Waals surface area contributed by atoms with Gasteiger partial charge in [0, 0.05) is 4.88 Å². The topological polar surface area (TPSA) is 64.3 Å². The number of carbonyl (C=O) groups is 1. The van der Waals surface area contributed by atoms with E-state index >= 15 is 0 Å². The standard InChI is InChI=1S/C15H17FN2O2S/c1-15(2,3)20-14(19)18-11-5-4-9(8-10(11)17)12-6-7-13(16)21-12/h4-8H,17H2,1-3H3,(H,18,19). The van der Waals surface area contributed by atoms with Gasteiger partial charge < -0.3 is 10.5 Å². The highest BCUT2D eigenvalue weighted by Crippen LogP contribution is 2.31. The number of benzene rings is 1. The number of nitrogens with one attached hydrogen (secondary N) is 1. The molecule has 1 amide bonds. The van der Waals surface area contributed by atoms with Gasteiger partial charge >= 0.3 is 6.09 Å². The second-order valence-electron chi connectivity index (χ2n) is 5.53. The lowest BCUT2D eigenvalue weighted by molar-refractivity contribution is 0.0636. The molecule has 4 nitrogen and oxygen atoms in total. The summed E-state index contributed by atoms with van der Waals surface area (Å²) < 4.78 is 18.2. The summed E-state index contributed by atoms with van der Waals surface area (Å²) in [5, 5.41) is 2.34. The Morgan fingerprint density at radius 3 is 2.52 bits per heavy atom. The van der Waals surface area contributed by atoms with Crippen molar-refractivity contribution in [2.75, 3.05) is 11.1 Å². The molecule has 1 heterocycles. The predicted octanol–water partition coefficient (Wildman–Crippen LogP) is 4.48. The first kappa shape index (κ1) is 15.3. The number of nitrogens with two attached hydrogens (primary N) is 1. The molecule has 1 aromatic heterocycles. The van der Waals surface area contributed by atoms with E-state index in [1.807, 2.05) is 0 Å². The monoisotopic (exact) mass is 308 g/mol. The summed E-state index contributed by atoms with van der Waals surface area (Å²) in [6.45, 7) is 5.35. The minimum Gasteiger partial charge on any atom is -0.444 e. The number of thiophene rings is 1. The zero-order chi connectivity index (χ0) is 15.6. The van der Waals surface area contributed by atoms with Gasteiger partial charge in [0.25, 0.3) is 0 Å². The molecule has 0 radical (unpaired) electrons. The molecule has 0 aliphatic carbocycles. The normalized spacial score (nSPS) is 11.2. The number of amides is 1. The van der Waals surface area contributed by atoms with E-state index in [1.165, 1.54) is 6.07 Å². The van der Waals surface area contributed by atoms with Crippen molar-refractivity contribution in [3.63, 3.8) is 0 Å². The van der Waals surface area contributed by atoms with Crippen LogP contribution in [0.15, 0.2) is 30.3 Å².